The molecule has 0 atom stereocenters. The Morgan fingerprint density at radius 1 is 1.21 bits per heavy atom. The van der Waals surface area contributed by atoms with Gasteiger partial charge in [0.05, 0.1) is 12.2 Å². The highest BCUT2D eigenvalue weighted by Gasteiger charge is 2.16. The van der Waals surface area contributed by atoms with Crippen LogP contribution < -0.4 is 10.9 Å². The normalized spacial score (nSPS) is 11.3. The molecular weight excluding hydrogens is 240 g/mol. The van der Waals surface area contributed by atoms with Gasteiger partial charge in [0.25, 0.3) is 5.56 Å². The summed E-state index contributed by atoms with van der Waals surface area (Å²) in [6, 6.07) is 5.67. The molecule has 0 aliphatic rings. The van der Waals surface area contributed by atoms with Crippen molar-refractivity contribution in [2.75, 3.05) is 5.32 Å². The van der Waals surface area contributed by atoms with E-state index >= 15 is 0 Å². The van der Waals surface area contributed by atoms with Crippen molar-refractivity contribution >= 4 is 5.82 Å². The van der Waals surface area contributed by atoms with Gasteiger partial charge >= 0.3 is 0 Å². The van der Waals surface area contributed by atoms with E-state index in [4.69, 9.17) is 0 Å². The van der Waals surface area contributed by atoms with Crippen molar-refractivity contribution in [1.29, 1.82) is 0 Å². The summed E-state index contributed by atoms with van der Waals surface area (Å²) in [6.07, 6.45) is 5.06. The van der Waals surface area contributed by atoms with Crippen LogP contribution in [0.1, 0.15) is 26.5 Å². The summed E-state index contributed by atoms with van der Waals surface area (Å²) in [6.45, 7) is 6.43. The number of nitrogens with one attached hydrogen (secondary N) is 1. The summed E-state index contributed by atoms with van der Waals surface area (Å²) in [5.41, 5.74) is 0.488. The Kier molecular flexibility index (Phi) is 3.64. The summed E-state index contributed by atoms with van der Waals surface area (Å²) in [4.78, 5) is 20.5. The lowest BCUT2D eigenvalue weighted by atomic mass is 10.1. The lowest BCUT2D eigenvalue weighted by molar-refractivity contribution is 0.383. The molecule has 0 spiro atoms. The molecule has 0 radical (unpaired) electrons. The molecule has 0 unspecified atom stereocenters. The van der Waals surface area contributed by atoms with E-state index in [1.807, 2.05) is 39.0 Å². The minimum absolute atomic E-state index is 0.120. The monoisotopic (exact) mass is 258 g/mol. The molecule has 0 bridgehead atoms. The van der Waals surface area contributed by atoms with Crippen LogP contribution in [0.5, 0.6) is 0 Å². The minimum atomic E-state index is -0.262. The quantitative estimate of drug-likeness (QED) is 0.914. The summed E-state index contributed by atoms with van der Waals surface area (Å²) < 4.78 is 1.67. The largest absolute Gasteiger partial charge is 0.360 e. The smallest absolute Gasteiger partial charge is 0.293 e. The average molecular weight is 258 g/mol. The van der Waals surface area contributed by atoms with Crippen LogP contribution in [0.3, 0.4) is 0 Å². The Morgan fingerprint density at radius 3 is 2.63 bits per heavy atom. The zero-order chi connectivity index (χ0) is 13.9. The zero-order valence-electron chi connectivity index (χ0n) is 11.4. The van der Waals surface area contributed by atoms with Gasteiger partial charge in [-0.15, -0.1) is 0 Å². The van der Waals surface area contributed by atoms with E-state index in [-0.39, 0.29) is 11.1 Å². The molecule has 19 heavy (non-hydrogen) atoms. The molecule has 2 aromatic heterocycles. The lowest BCUT2D eigenvalue weighted by Crippen LogP contribution is -2.35. The topological polar surface area (TPSA) is 59.8 Å². The zero-order valence-corrected chi connectivity index (χ0v) is 11.4. The molecule has 5 nitrogen and oxygen atoms in total. The third kappa shape index (κ3) is 3.19. The maximum atomic E-state index is 12.3. The van der Waals surface area contributed by atoms with E-state index in [9.17, 15) is 4.79 Å². The molecule has 1 N–H and O–H groups in total. The van der Waals surface area contributed by atoms with Gasteiger partial charge in [-0.05, 0) is 32.9 Å². The fraction of sp³-hybridized carbons (Fsp3) is 0.357. The Labute approximate surface area is 112 Å². The molecule has 2 heterocycles. The highest BCUT2D eigenvalue weighted by molar-refractivity contribution is 5.32. The second-order valence-corrected chi connectivity index (χ2v) is 5.30. The summed E-state index contributed by atoms with van der Waals surface area (Å²) in [5, 5.41) is 3.03. The third-order valence-electron chi connectivity index (χ3n) is 2.73. The predicted octanol–water partition coefficient (Wildman–Crippen LogP) is 2.01. The van der Waals surface area contributed by atoms with E-state index in [1.54, 1.807) is 23.2 Å². The van der Waals surface area contributed by atoms with Gasteiger partial charge in [-0.1, -0.05) is 6.07 Å². The van der Waals surface area contributed by atoms with Crippen LogP contribution in [-0.2, 0) is 12.1 Å². The Morgan fingerprint density at radius 2 is 2.00 bits per heavy atom. The van der Waals surface area contributed by atoms with Crippen LogP contribution in [0, 0.1) is 0 Å². The van der Waals surface area contributed by atoms with Gasteiger partial charge in [0.2, 0.25) is 0 Å². The van der Waals surface area contributed by atoms with Crippen molar-refractivity contribution in [2.24, 2.45) is 0 Å². The van der Waals surface area contributed by atoms with Gasteiger partial charge in [-0.2, -0.15) is 0 Å². The number of rotatable bonds is 3. The van der Waals surface area contributed by atoms with E-state index < -0.39 is 0 Å². The van der Waals surface area contributed by atoms with Gasteiger partial charge in [0.15, 0.2) is 5.82 Å². The second-order valence-electron chi connectivity index (χ2n) is 5.30. The number of hydrogen-bond acceptors (Lipinski definition) is 4. The SMILES string of the molecule is CC(C)(C)n1ccnc(NCc2ccccn2)c1=O. The van der Waals surface area contributed by atoms with Crippen LogP contribution in [0.2, 0.25) is 0 Å². The van der Waals surface area contributed by atoms with Gasteiger partial charge < -0.3 is 9.88 Å². The predicted molar refractivity (Wildman–Crippen MR) is 75.1 cm³/mol. The molecular formula is C14H18N4O. The second kappa shape index (κ2) is 5.22. The molecule has 0 fully saturated rings. The molecule has 100 valence electrons. The fourth-order valence-corrected chi connectivity index (χ4v) is 1.74. The molecule has 2 rings (SSSR count). The molecule has 5 heteroatoms. The standard InChI is InChI=1S/C14H18N4O/c1-14(2,3)18-9-8-16-12(13(18)19)17-10-11-6-4-5-7-15-11/h4-9H,10H2,1-3H3,(H,16,17). The molecule has 0 aromatic carbocycles. The van der Waals surface area contributed by atoms with Gasteiger partial charge in [-0.25, -0.2) is 4.98 Å². The van der Waals surface area contributed by atoms with E-state index in [0.29, 0.717) is 12.4 Å². The molecule has 2 aromatic rings. The van der Waals surface area contributed by atoms with Crippen LogP contribution in [0.4, 0.5) is 5.82 Å². The van der Waals surface area contributed by atoms with Crippen LogP contribution in [0.25, 0.3) is 0 Å². The number of pyridine rings is 1. The van der Waals surface area contributed by atoms with Crippen LogP contribution in [0.15, 0.2) is 41.6 Å². The van der Waals surface area contributed by atoms with Crippen molar-refractivity contribution in [3.63, 3.8) is 0 Å². The third-order valence-corrected chi connectivity index (χ3v) is 2.73. The first kappa shape index (κ1) is 13.3. The average Bonchev–Trinajstić information content (AvgIpc) is 2.37. The first-order valence-electron chi connectivity index (χ1n) is 6.20. The van der Waals surface area contributed by atoms with E-state index in [2.05, 4.69) is 15.3 Å². The number of hydrogen-bond donors (Lipinski definition) is 1. The molecule has 0 aliphatic carbocycles. The van der Waals surface area contributed by atoms with Gasteiger partial charge in [0, 0.05) is 24.1 Å². The highest BCUT2D eigenvalue weighted by Crippen LogP contribution is 2.10. The summed E-state index contributed by atoms with van der Waals surface area (Å²) in [5.74, 6) is 0.350. The molecule has 0 saturated heterocycles. The van der Waals surface area contributed by atoms with E-state index in [1.165, 1.54) is 0 Å². The maximum Gasteiger partial charge on any atom is 0.293 e. The first-order valence-corrected chi connectivity index (χ1v) is 6.20. The number of aromatic nitrogens is 3. The van der Waals surface area contributed by atoms with Crippen molar-refractivity contribution in [3.05, 3.63) is 52.8 Å². The molecule has 0 saturated carbocycles. The van der Waals surface area contributed by atoms with Crippen molar-refractivity contribution in [1.82, 2.24) is 14.5 Å². The number of nitrogens with zero attached hydrogens (tertiary/aromatic N) is 3. The van der Waals surface area contributed by atoms with Gasteiger partial charge in [-0.3, -0.25) is 9.78 Å². The maximum absolute atomic E-state index is 12.3. The first-order chi connectivity index (χ1) is 8.98. The Bertz CT molecular complexity index is 599. The van der Waals surface area contributed by atoms with Crippen molar-refractivity contribution in [2.45, 2.75) is 32.9 Å². The molecule has 0 aliphatic heterocycles. The fourth-order valence-electron chi connectivity index (χ4n) is 1.74. The van der Waals surface area contributed by atoms with Crippen LogP contribution >= 0.6 is 0 Å². The van der Waals surface area contributed by atoms with Crippen molar-refractivity contribution in [3.8, 4) is 0 Å². The minimum Gasteiger partial charge on any atom is -0.360 e. The Hall–Kier alpha value is -2.17. The molecule has 0 amide bonds. The highest BCUT2D eigenvalue weighted by atomic mass is 16.1. The summed E-state index contributed by atoms with van der Waals surface area (Å²) in [7, 11) is 0. The van der Waals surface area contributed by atoms with E-state index in [0.717, 1.165) is 5.69 Å². The van der Waals surface area contributed by atoms with Gasteiger partial charge in [0.1, 0.15) is 0 Å². The van der Waals surface area contributed by atoms with Crippen molar-refractivity contribution < 1.29 is 0 Å². The van der Waals surface area contributed by atoms with Crippen LogP contribution in [-0.4, -0.2) is 14.5 Å². The number of anilines is 1. The lowest BCUT2D eigenvalue weighted by Gasteiger charge is -2.22. The Balaban J connectivity index is 2.20. The summed E-state index contributed by atoms with van der Waals surface area (Å²) >= 11 is 0.